The molecule has 2 aliphatic rings. The Balaban J connectivity index is 1.77. The number of nitrogens with one attached hydrogen (secondary N) is 1. The Bertz CT molecular complexity index is 271. The molecule has 0 amide bonds. The van der Waals surface area contributed by atoms with Crippen molar-refractivity contribution in [2.24, 2.45) is 17.1 Å². The summed E-state index contributed by atoms with van der Waals surface area (Å²) in [6, 6.07) is 0.556. The van der Waals surface area contributed by atoms with Crippen LogP contribution in [0.5, 0.6) is 0 Å². The molecule has 0 aliphatic heterocycles. The van der Waals surface area contributed by atoms with Crippen LogP contribution in [0.3, 0.4) is 0 Å². The van der Waals surface area contributed by atoms with Gasteiger partial charge in [-0.1, -0.05) is 13.8 Å². The van der Waals surface area contributed by atoms with Crippen molar-refractivity contribution >= 4 is 0 Å². The first-order valence-corrected chi connectivity index (χ1v) is 7.01. The lowest BCUT2D eigenvalue weighted by atomic mass is 9.64. The molecule has 3 heteroatoms. The minimum Gasteiger partial charge on any atom is -0.378 e. The Labute approximate surface area is 105 Å². The average Bonchev–Trinajstić information content (AvgIpc) is 3.05. The van der Waals surface area contributed by atoms with Crippen LogP contribution in [0.15, 0.2) is 0 Å². The van der Waals surface area contributed by atoms with Crippen LogP contribution < -0.4 is 11.1 Å². The lowest BCUT2D eigenvalue weighted by molar-refractivity contribution is -0.114. The zero-order chi connectivity index (χ0) is 12.7. The second-order valence-corrected chi connectivity index (χ2v) is 6.71. The molecule has 3 nitrogen and oxygen atoms in total. The third-order valence-corrected chi connectivity index (χ3v) is 4.78. The molecule has 3 atom stereocenters. The minimum atomic E-state index is -0.0211. The Morgan fingerprint density at radius 2 is 2.06 bits per heavy atom. The van der Waals surface area contributed by atoms with E-state index in [4.69, 9.17) is 10.5 Å². The molecule has 0 heterocycles. The number of hydrogen-bond donors (Lipinski definition) is 2. The third kappa shape index (κ3) is 2.67. The summed E-state index contributed by atoms with van der Waals surface area (Å²) < 4.78 is 5.74. The van der Waals surface area contributed by atoms with Crippen molar-refractivity contribution in [3.63, 3.8) is 0 Å². The van der Waals surface area contributed by atoms with E-state index in [9.17, 15) is 0 Å². The van der Waals surface area contributed by atoms with E-state index in [1.54, 1.807) is 0 Å². The first-order chi connectivity index (χ1) is 7.88. The monoisotopic (exact) mass is 240 g/mol. The largest absolute Gasteiger partial charge is 0.378 e. The highest BCUT2D eigenvalue weighted by atomic mass is 16.5. The number of rotatable bonds is 6. The molecule has 2 saturated carbocycles. The molecule has 2 aliphatic carbocycles. The molecule has 2 fully saturated rings. The van der Waals surface area contributed by atoms with E-state index in [0.717, 1.165) is 25.5 Å². The van der Waals surface area contributed by atoms with E-state index >= 15 is 0 Å². The first kappa shape index (κ1) is 13.3. The summed E-state index contributed by atoms with van der Waals surface area (Å²) in [5.41, 5.74) is 6.56. The normalized spacial score (nSPS) is 35.1. The smallest absolute Gasteiger partial charge is 0.0655 e. The number of ether oxygens (including phenoxy) is 1. The van der Waals surface area contributed by atoms with E-state index in [-0.39, 0.29) is 11.0 Å². The lowest BCUT2D eigenvalue weighted by Gasteiger charge is -2.52. The SMILES string of the molecule is CCOC1CC(NCC(C)(N)C2CC2)C1(C)C. The summed E-state index contributed by atoms with van der Waals surface area (Å²) in [5, 5.41) is 3.65. The Kier molecular flexibility index (Phi) is 3.54. The van der Waals surface area contributed by atoms with Crippen LogP contribution in [0.4, 0.5) is 0 Å². The molecule has 0 spiro atoms. The van der Waals surface area contributed by atoms with Gasteiger partial charge in [0.25, 0.3) is 0 Å². The van der Waals surface area contributed by atoms with Crippen molar-refractivity contribution in [3.05, 3.63) is 0 Å². The second kappa shape index (κ2) is 4.52. The van der Waals surface area contributed by atoms with Gasteiger partial charge >= 0.3 is 0 Å². The summed E-state index contributed by atoms with van der Waals surface area (Å²) in [5.74, 6) is 0.737. The summed E-state index contributed by atoms with van der Waals surface area (Å²) in [4.78, 5) is 0. The topological polar surface area (TPSA) is 47.3 Å². The molecule has 17 heavy (non-hydrogen) atoms. The lowest BCUT2D eigenvalue weighted by Crippen LogP contribution is -2.63. The van der Waals surface area contributed by atoms with Crippen molar-refractivity contribution in [2.75, 3.05) is 13.2 Å². The van der Waals surface area contributed by atoms with Gasteiger partial charge in [0, 0.05) is 30.1 Å². The van der Waals surface area contributed by atoms with Gasteiger partial charge in [0.2, 0.25) is 0 Å². The van der Waals surface area contributed by atoms with Crippen molar-refractivity contribution in [1.82, 2.24) is 5.32 Å². The van der Waals surface area contributed by atoms with Gasteiger partial charge in [-0.15, -0.1) is 0 Å². The van der Waals surface area contributed by atoms with Crippen LogP contribution in [0.2, 0.25) is 0 Å². The first-order valence-electron chi connectivity index (χ1n) is 7.01. The summed E-state index contributed by atoms with van der Waals surface area (Å²) in [7, 11) is 0. The number of hydrogen-bond acceptors (Lipinski definition) is 3. The van der Waals surface area contributed by atoms with Crippen LogP contribution >= 0.6 is 0 Å². The van der Waals surface area contributed by atoms with E-state index in [0.29, 0.717) is 12.1 Å². The molecular formula is C14H28N2O. The third-order valence-electron chi connectivity index (χ3n) is 4.78. The van der Waals surface area contributed by atoms with Crippen LogP contribution in [0.25, 0.3) is 0 Å². The van der Waals surface area contributed by atoms with Gasteiger partial charge in [-0.25, -0.2) is 0 Å². The van der Waals surface area contributed by atoms with E-state index in [1.165, 1.54) is 12.8 Å². The maximum Gasteiger partial charge on any atom is 0.0655 e. The fraction of sp³-hybridized carbons (Fsp3) is 1.00. The van der Waals surface area contributed by atoms with E-state index < -0.39 is 0 Å². The van der Waals surface area contributed by atoms with Gasteiger partial charge in [0.1, 0.15) is 0 Å². The molecule has 0 aromatic carbocycles. The molecule has 3 N–H and O–H groups in total. The predicted molar refractivity (Wildman–Crippen MR) is 70.9 cm³/mol. The molecule has 0 saturated heterocycles. The van der Waals surface area contributed by atoms with Gasteiger partial charge in [0.15, 0.2) is 0 Å². The fourth-order valence-corrected chi connectivity index (χ4v) is 2.95. The van der Waals surface area contributed by atoms with Crippen LogP contribution in [0.1, 0.15) is 47.0 Å². The molecule has 0 aromatic rings. The van der Waals surface area contributed by atoms with Gasteiger partial charge in [-0.2, -0.15) is 0 Å². The van der Waals surface area contributed by atoms with Crippen molar-refractivity contribution in [2.45, 2.75) is 64.6 Å². The maximum atomic E-state index is 6.34. The van der Waals surface area contributed by atoms with Gasteiger partial charge in [0.05, 0.1) is 6.10 Å². The molecule has 0 aromatic heterocycles. The standard InChI is InChI=1S/C14H28N2O/c1-5-17-12-8-11(13(12,2)3)16-9-14(4,15)10-6-7-10/h10-12,16H,5-9,15H2,1-4H3. The van der Waals surface area contributed by atoms with Gasteiger partial charge in [-0.3, -0.25) is 0 Å². The highest BCUT2D eigenvalue weighted by Crippen LogP contribution is 2.43. The minimum absolute atomic E-state index is 0.0211. The molecule has 0 bridgehead atoms. The Morgan fingerprint density at radius 3 is 2.53 bits per heavy atom. The van der Waals surface area contributed by atoms with Crippen molar-refractivity contribution in [3.8, 4) is 0 Å². The average molecular weight is 240 g/mol. The fourth-order valence-electron chi connectivity index (χ4n) is 2.95. The van der Waals surface area contributed by atoms with E-state index in [1.807, 2.05) is 0 Å². The van der Waals surface area contributed by atoms with Gasteiger partial charge < -0.3 is 15.8 Å². The molecular weight excluding hydrogens is 212 g/mol. The Morgan fingerprint density at radius 1 is 1.41 bits per heavy atom. The van der Waals surface area contributed by atoms with Crippen molar-refractivity contribution in [1.29, 1.82) is 0 Å². The summed E-state index contributed by atoms with van der Waals surface area (Å²) >= 11 is 0. The second-order valence-electron chi connectivity index (χ2n) is 6.71. The summed E-state index contributed by atoms with van der Waals surface area (Å²) in [6.45, 7) is 10.6. The molecule has 100 valence electrons. The molecule has 0 radical (unpaired) electrons. The van der Waals surface area contributed by atoms with Crippen LogP contribution in [0, 0.1) is 11.3 Å². The van der Waals surface area contributed by atoms with E-state index in [2.05, 4.69) is 33.0 Å². The zero-order valence-electron chi connectivity index (χ0n) is 11.8. The predicted octanol–water partition coefficient (Wildman–Crippen LogP) is 1.91. The van der Waals surface area contributed by atoms with Crippen molar-refractivity contribution < 1.29 is 4.74 Å². The zero-order valence-corrected chi connectivity index (χ0v) is 11.8. The van der Waals surface area contributed by atoms with Crippen LogP contribution in [-0.4, -0.2) is 30.8 Å². The highest BCUT2D eigenvalue weighted by Gasteiger charge is 2.49. The maximum absolute atomic E-state index is 6.34. The van der Waals surface area contributed by atoms with Gasteiger partial charge in [-0.05, 0) is 39.0 Å². The molecule has 2 rings (SSSR count). The number of nitrogens with two attached hydrogens (primary N) is 1. The Hall–Kier alpha value is -0.120. The summed E-state index contributed by atoms with van der Waals surface area (Å²) in [6.07, 6.45) is 4.16. The van der Waals surface area contributed by atoms with Crippen LogP contribution in [-0.2, 0) is 4.74 Å². The quantitative estimate of drug-likeness (QED) is 0.745. The molecule has 3 unspecified atom stereocenters. The highest BCUT2D eigenvalue weighted by molar-refractivity contribution is 5.05.